The Morgan fingerprint density at radius 1 is 1.00 bits per heavy atom. The number of hydrogen-bond donors (Lipinski definition) is 0. The van der Waals surface area contributed by atoms with Crippen LogP contribution in [0.4, 0.5) is 0 Å². The fourth-order valence-corrected chi connectivity index (χ4v) is 3.27. The van der Waals surface area contributed by atoms with Crippen molar-refractivity contribution in [3.05, 3.63) is 71.3 Å². The monoisotopic (exact) mass is 293 g/mol. The van der Waals surface area contributed by atoms with Crippen molar-refractivity contribution < 1.29 is 4.79 Å². The molecule has 0 aliphatic carbocycles. The number of hydrogen-bond acceptors (Lipinski definition) is 1. The van der Waals surface area contributed by atoms with E-state index in [2.05, 4.69) is 49.4 Å². The highest BCUT2D eigenvalue weighted by molar-refractivity contribution is 5.79. The first kappa shape index (κ1) is 14.8. The van der Waals surface area contributed by atoms with Gasteiger partial charge in [0.15, 0.2) is 0 Å². The summed E-state index contributed by atoms with van der Waals surface area (Å²) in [6.07, 6.45) is 2.68. The van der Waals surface area contributed by atoms with Gasteiger partial charge in [-0.1, -0.05) is 54.6 Å². The summed E-state index contributed by atoms with van der Waals surface area (Å²) >= 11 is 0. The van der Waals surface area contributed by atoms with Gasteiger partial charge in [0.1, 0.15) is 0 Å². The molecule has 2 heteroatoms. The van der Waals surface area contributed by atoms with Gasteiger partial charge in [-0.2, -0.15) is 0 Å². The number of benzene rings is 2. The van der Waals surface area contributed by atoms with E-state index in [4.69, 9.17) is 0 Å². The smallest absolute Gasteiger partial charge is 0.226 e. The lowest BCUT2D eigenvalue weighted by molar-refractivity contribution is -0.131. The zero-order valence-corrected chi connectivity index (χ0v) is 13.2. The lowest BCUT2D eigenvalue weighted by Crippen LogP contribution is -2.38. The molecule has 2 nitrogen and oxygen atoms in total. The van der Waals surface area contributed by atoms with E-state index in [1.54, 1.807) is 0 Å². The molecule has 1 aliphatic rings. The molecule has 0 spiro atoms. The van der Waals surface area contributed by atoms with Crippen LogP contribution in [0.5, 0.6) is 0 Å². The van der Waals surface area contributed by atoms with Crippen LogP contribution in [0.1, 0.15) is 35.4 Å². The highest BCUT2D eigenvalue weighted by atomic mass is 16.2. The van der Waals surface area contributed by atoms with Crippen LogP contribution >= 0.6 is 0 Å². The quantitative estimate of drug-likeness (QED) is 0.839. The number of carbonyl (C=O) groups excluding carboxylic acids is 1. The Bertz CT molecular complexity index is 627. The maximum atomic E-state index is 12.5. The first-order valence-electron chi connectivity index (χ1n) is 8.11. The number of amides is 1. The minimum atomic E-state index is 0.265. The van der Waals surface area contributed by atoms with Gasteiger partial charge in [-0.3, -0.25) is 4.79 Å². The molecular weight excluding hydrogens is 270 g/mol. The summed E-state index contributed by atoms with van der Waals surface area (Å²) in [4.78, 5) is 14.5. The standard InChI is InChI=1S/C20H23NO/c1-16-7-5-6-10-19(16)15-20(22)21-13-11-18(12-14-21)17-8-3-2-4-9-17/h2-10,18H,11-15H2,1H3. The summed E-state index contributed by atoms with van der Waals surface area (Å²) in [6, 6.07) is 18.8. The molecule has 1 heterocycles. The third-order valence-corrected chi connectivity index (χ3v) is 4.72. The molecule has 1 amide bonds. The molecule has 114 valence electrons. The average Bonchev–Trinajstić information content (AvgIpc) is 2.58. The van der Waals surface area contributed by atoms with Crippen LogP contribution in [0.2, 0.25) is 0 Å². The van der Waals surface area contributed by atoms with Crippen molar-refractivity contribution in [2.24, 2.45) is 0 Å². The predicted octanol–water partition coefficient (Wildman–Crippen LogP) is 3.94. The number of nitrogens with zero attached hydrogens (tertiary/aromatic N) is 1. The first-order chi connectivity index (χ1) is 10.7. The Morgan fingerprint density at radius 2 is 1.64 bits per heavy atom. The van der Waals surface area contributed by atoms with Crippen molar-refractivity contribution in [2.75, 3.05) is 13.1 Å². The molecule has 2 aromatic carbocycles. The molecule has 0 atom stereocenters. The van der Waals surface area contributed by atoms with E-state index in [0.717, 1.165) is 31.5 Å². The van der Waals surface area contributed by atoms with Gasteiger partial charge in [-0.25, -0.2) is 0 Å². The van der Waals surface area contributed by atoms with Gasteiger partial charge in [-0.15, -0.1) is 0 Å². The highest BCUT2D eigenvalue weighted by Crippen LogP contribution is 2.28. The molecule has 0 radical (unpaired) electrons. The first-order valence-corrected chi connectivity index (χ1v) is 8.11. The van der Waals surface area contributed by atoms with Crippen LogP contribution in [-0.4, -0.2) is 23.9 Å². The van der Waals surface area contributed by atoms with Crippen molar-refractivity contribution in [3.63, 3.8) is 0 Å². The van der Waals surface area contributed by atoms with Crippen LogP contribution < -0.4 is 0 Å². The lowest BCUT2D eigenvalue weighted by Gasteiger charge is -2.32. The van der Waals surface area contributed by atoms with Gasteiger partial charge in [0, 0.05) is 13.1 Å². The molecule has 0 N–H and O–H groups in total. The number of aryl methyl sites for hydroxylation is 1. The van der Waals surface area contributed by atoms with Crippen molar-refractivity contribution in [1.29, 1.82) is 0 Å². The summed E-state index contributed by atoms with van der Waals surface area (Å²) in [5.74, 6) is 0.865. The van der Waals surface area contributed by atoms with E-state index in [9.17, 15) is 4.79 Å². The largest absolute Gasteiger partial charge is 0.342 e. The number of likely N-dealkylation sites (tertiary alicyclic amines) is 1. The van der Waals surface area contributed by atoms with Crippen molar-refractivity contribution in [1.82, 2.24) is 4.90 Å². The van der Waals surface area contributed by atoms with Crippen LogP contribution in [0.25, 0.3) is 0 Å². The maximum Gasteiger partial charge on any atom is 0.226 e. The predicted molar refractivity (Wildman–Crippen MR) is 89.9 cm³/mol. The second kappa shape index (κ2) is 6.78. The molecule has 1 aliphatic heterocycles. The summed E-state index contributed by atoms with van der Waals surface area (Å²) in [6.45, 7) is 3.83. The molecule has 3 rings (SSSR count). The van der Waals surface area contributed by atoms with E-state index in [1.807, 2.05) is 17.0 Å². The maximum absolute atomic E-state index is 12.5. The zero-order chi connectivity index (χ0) is 15.4. The van der Waals surface area contributed by atoms with Gasteiger partial charge < -0.3 is 4.90 Å². The normalized spacial score (nSPS) is 15.8. The highest BCUT2D eigenvalue weighted by Gasteiger charge is 2.23. The zero-order valence-electron chi connectivity index (χ0n) is 13.2. The Morgan fingerprint density at radius 3 is 2.32 bits per heavy atom. The topological polar surface area (TPSA) is 20.3 Å². The third-order valence-electron chi connectivity index (χ3n) is 4.72. The van der Waals surface area contributed by atoms with Gasteiger partial charge in [0.25, 0.3) is 0 Å². The molecule has 22 heavy (non-hydrogen) atoms. The molecule has 1 fully saturated rings. The number of rotatable bonds is 3. The van der Waals surface area contributed by atoms with Gasteiger partial charge in [0.05, 0.1) is 6.42 Å². The summed E-state index contributed by atoms with van der Waals surface area (Å²) < 4.78 is 0. The molecule has 0 aromatic heterocycles. The van der Waals surface area contributed by atoms with Crippen molar-refractivity contribution in [3.8, 4) is 0 Å². The molecule has 0 saturated carbocycles. The number of carbonyl (C=O) groups is 1. The Labute approximate surface area is 132 Å². The summed E-state index contributed by atoms with van der Waals surface area (Å²) in [5, 5.41) is 0. The SMILES string of the molecule is Cc1ccccc1CC(=O)N1CCC(c2ccccc2)CC1. The van der Waals surface area contributed by atoms with Crippen LogP contribution in [-0.2, 0) is 11.2 Å². The third kappa shape index (κ3) is 3.38. The van der Waals surface area contributed by atoms with E-state index in [-0.39, 0.29) is 5.91 Å². The van der Waals surface area contributed by atoms with Gasteiger partial charge >= 0.3 is 0 Å². The molecule has 0 bridgehead atoms. The number of piperidine rings is 1. The van der Waals surface area contributed by atoms with Crippen LogP contribution in [0.3, 0.4) is 0 Å². The molecule has 2 aromatic rings. The lowest BCUT2D eigenvalue weighted by atomic mass is 9.89. The fourth-order valence-electron chi connectivity index (χ4n) is 3.27. The Balaban J connectivity index is 1.57. The van der Waals surface area contributed by atoms with E-state index < -0.39 is 0 Å². The minimum Gasteiger partial charge on any atom is -0.342 e. The summed E-state index contributed by atoms with van der Waals surface area (Å²) in [7, 11) is 0. The minimum absolute atomic E-state index is 0.265. The summed E-state index contributed by atoms with van der Waals surface area (Å²) in [5.41, 5.74) is 3.77. The molecule has 0 unspecified atom stereocenters. The van der Waals surface area contributed by atoms with E-state index in [1.165, 1.54) is 11.1 Å². The fraction of sp³-hybridized carbons (Fsp3) is 0.350. The molecular formula is C20H23NO. The second-order valence-corrected chi connectivity index (χ2v) is 6.17. The Kier molecular flexibility index (Phi) is 4.57. The second-order valence-electron chi connectivity index (χ2n) is 6.17. The average molecular weight is 293 g/mol. The van der Waals surface area contributed by atoms with E-state index in [0.29, 0.717) is 12.3 Å². The van der Waals surface area contributed by atoms with Crippen LogP contribution in [0, 0.1) is 6.92 Å². The Hall–Kier alpha value is -2.09. The van der Waals surface area contributed by atoms with Gasteiger partial charge in [0.2, 0.25) is 5.91 Å². The van der Waals surface area contributed by atoms with Gasteiger partial charge in [-0.05, 0) is 42.4 Å². The van der Waals surface area contributed by atoms with Crippen molar-refractivity contribution in [2.45, 2.75) is 32.1 Å². The molecule has 1 saturated heterocycles. The van der Waals surface area contributed by atoms with E-state index >= 15 is 0 Å². The van der Waals surface area contributed by atoms with Crippen LogP contribution in [0.15, 0.2) is 54.6 Å². The van der Waals surface area contributed by atoms with Crippen molar-refractivity contribution >= 4 is 5.91 Å².